The second kappa shape index (κ2) is 18.1. The molecule has 0 fully saturated rings. The van der Waals surface area contributed by atoms with E-state index in [-0.39, 0.29) is 5.92 Å². The van der Waals surface area contributed by atoms with E-state index in [9.17, 15) is 0 Å². The Bertz CT molecular complexity index is 2400. The highest BCUT2D eigenvalue weighted by atomic mass is 16.5. The maximum atomic E-state index is 6.44. The van der Waals surface area contributed by atoms with E-state index in [0.717, 1.165) is 64.2 Å². The summed E-state index contributed by atoms with van der Waals surface area (Å²) < 4.78 is 6.44. The zero-order chi connectivity index (χ0) is 38.7. The number of nitrogens with zero attached hydrogens (tertiary/aromatic N) is 3. The molecule has 0 N–H and O–H groups in total. The fraction of sp³-hybridized carbons (Fsp3) is 0.135. The third kappa shape index (κ3) is 8.99. The molecule has 0 amide bonds. The van der Waals surface area contributed by atoms with Crippen molar-refractivity contribution in [2.75, 3.05) is 0 Å². The first-order chi connectivity index (χ1) is 27.5. The minimum absolute atomic E-state index is 0.253. The smallest absolute Gasteiger partial charge is 0.164 e. The monoisotopic (exact) mass is 729 g/mol. The van der Waals surface area contributed by atoms with Gasteiger partial charge in [0.25, 0.3) is 0 Å². The molecule has 0 bridgehead atoms. The molecule has 276 valence electrons. The Morgan fingerprint density at radius 1 is 0.732 bits per heavy atom. The Kier molecular flexibility index (Phi) is 12.2. The first kappa shape index (κ1) is 37.7. The van der Waals surface area contributed by atoms with Crippen LogP contribution in [0.3, 0.4) is 0 Å². The van der Waals surface area contributed by atoms with Gasteiger partial charge in [-0.05, 0) is 109 Å². The van der Waals surface area contributed by atoms with Crippen molar-refractivity contribution < 1.29 is 4.74 Å². The standard InChI is InChI=1S/C52H47N3O/c1-5-19-49(40-20-11-8-12-21-40)48(7-3)45-28-17-27-44(35-45)39-30-32-46(33-31-39)56-47-29-18-26-43(36-47)37(4)34-38(6-2)50-53-51(41-22-13-9-14-23-41)55-52(54-50)42-24-15-10-16-25-42/h5-7,9-11,13-30,32-36,39H,3,8,12,31H2,1-2,4H3/b19-5-,37-34+,38-6+,49-48-. The van der Waals surface area contributed by atoms with Crippen LogP contribution >= 0.6 is 0 Å². The molecule has 0 spiro atoms. The van der Waals surface area contributed by atoms with Gasteiger partial charge in [0.15, 0.2) is 17.5 Å². The number of ether oxygens (including phenoxy) is 1. The van der Waals surface area contributed by atoms with Crippen molar-refractivity contribution >= 4 is 16.7 Å². The van der Waals surface area contributed by atoms with E-state index < -0.39 is 0 Å². The lowest BCUT2D eigenvalue weighted by Gasteiger charge is -2.19. The van der Waals surface area contributed by atoms with Crippen molar-refractivity contribution in [1.82, 2.24) is 15.0 Å². The van der Waals surface area contributed by atoms with Gasteiger partial charge >= 0.3 is 0 Å². The average Bonchev–Trinajstić information content (AvgIpc) is 3.26. The van der Waals surface area contributed by atoms with Crippen LogP contribution in [0.5, 0.6) is 5.75 Å². The van der Waals surface area contributed by atoms with Gasteiger partial charge in [0.1, 0.15) is 11.5 Å². The second-order valence-electron chi connectivity index (χ2n) is 13.8. The molecule has 0 saturated heterocycles. The third-order valence-electron chi connectivity index (χ3n) is 9.99. The van der Waals surface area contributed by atoms with Gasteiger partial charge < -0.3 is 4.74 Å². The van der Waals surface area contributed by atoms with Crippen molar-refractivity contribution in [2.45, 2.75) is 46.0 Å². The Morgan fingerprint density at radius 3 is 2.07 bits per heavy atom. The molecule has 0 radical (unpaired) electrons. The van der Waals surface area contributed by atoms with Crippen LogP contribution in [0.15, 0.2) is 200 Å². The Balaban J connectivity index is 1.08. The highest BCUT2D eigenvalue weighted by Crippen LogP contribution is 2.34. The number of hydrogen-bond acceptors (Lipinski definition) is 4. The summed E-state index contributed by atoms with van der Waals surface area (Å²) in [5.74, 6) is 3.79. The zero-order valence-corrected chi connectivity index (χ0v) is 32.4. The molecule has 2 aliphatic carbocycles. The summed E-state index contributed by atoms with van der Waals surface area (Å²) in [5, 5.41) is 0. The lowest BCUT2D eigenvalue weighted by Crippen LogP contribution is -2.03. The van der Waals surface area contributed by atoms with Crippen LogP contribution in [0.4, 0.5) is 0 Å². The van der Waals surface area contributed by atoms with Gasteiger partial charge in [0.2, 0.25) is 0 Å². The number of allylic oxidation sites excluding steroid dienone is 16. The molecule has 1 heterocycles. The van der Waals surface area contributed by atoms with Crippen LogP contribution in [-0.2, 0) is 0 Å². The Labute approximate surface area is 331 Å². The minimum Gasteiger partial charge on any atom is -0.458 e. The molecule has 5 aromatic rings. The first-order valence-electron chi connectivity index (χ1n) is 19.4. The maximum absolute atomic E-state index is 6.44. The predicted octanol–water partition coefficient (Wildman–Crippen LogP) is 13.5. The van der Waals surface area contributed by atoms with E-state index in [0.29, 0.717) is 17.5 Å². The Morgan fingerprint density at radius 2 is 1.45 bits per heavy atom. The summed E-state index contributed by atoms with van der Waals surface area (Å²) in [6.45, 7) is 10.4. The normalized spacial score (nSPS) is 16.3. The number of aromatic nitrogens is 3. The molecule has 56 heavy (non-hydrogen) atoms. The fourth-order valence-electron chi connectivity index (χ4n) is 7.04. The number of rotatable bonds is 12. The molecular weight excluding hydrogens is 683 g/mol. The van der Waals surface area contributed by atoms with E-state index in [1.807, 2.05) is 91.9 Å². The van der Waals surface area contributed by atoms with Crippen molar-refractivity contribution in [3.63, 3.8) is 0 Å². The molecule has 4 nitrogen and oxygen atoms in total. The minimum atomic E-state index is 0.253. The van der Waals surface area contributed by atoms with Gasteiger partial charge in [-0.2, -0.15) is 0 Å². The van der Waals surface area contributed by atoms with Crippen molar-refractivity contribution in [3.8, 4) is 28.5 Å². The van der Waals surface area contributed by atoms with Gasteiger partial charge in [0.05, 0.1) is 0 Å². The highest BCUT2D eigenvalue weighted by Gasteiger charge is 2.17. The average molecular weight is 730 g/mol. The maximum Gasteiger partial charge on any atom is 0.164 e. The van der Waals surface area contributed by atoms with E-state index in [4.69, 9.17) is 19.7 Å². The Hall–Kier alpha value is -6.65. The van der Waals surface area contributed by atoms with Crippen LogP contribution in [0.2, 0.25) is 0 Å². The van der Waals surface area contributed by atoms with E-state index in [2.05, 4.69) is 112 Å². The number of benzene rings is 4. The van der Waals surface area contributed by atoms with Crippen molar-refractivity contribution in [2.24, 2.45) is 0 Å². The molecule has 0 aliphatic heterocycles. The van der Waals surface area contributed by atoms with E-state index in [1.165, 1.54) is 22.3 Å². The summed E-state index contributed by atoms with van der Waals surface area (Å²) in [6, 6.07) is 37.2. The van der Waals surface area contributed by atoms with Crippen LogP contribution in [0, 0.1) is 0 Å². The van der Waals surface area contributed by atoms with Gasteiger partial charge in [-0.15, -0.1) is 0 Å². The van der Waals surface area contributed by atoms with Crippen LogP contribution in [0.25, 0.3) is 39.5 Å². The van der Waals surface area contributed by atoms with Gasteiger partial charge in [-0.25, -0.2) is 15.0 Å². The van der Waals surface area contributed by atoms with Gasteiger partial charge in [0, 0.05) is 22.6 Å². The first-order valence-corrected chi connectivity index (χ1v) is 19.4. The van der Waals surface area contributed by atoms with Crippen molar-refractivity contribution in [1.29, 1.82) is 0 Å². The second-order valence-corrected chi connectivity index (χ2v) is 13.8. The molecule has 1 aromatic heterocycles. The summed E-state index contributed by atoms with van der Waals surface area (Å²) in [6.07, 6.45) is 26.8. The molecule has 4 aromatic carbocycles. The molecule has 1 atom stereocenters. The van der Waals surface area contributed by atoms with E-state index in [1.54, 1.807) is 0 Å². The van der Waals surface area contributed by atoms with Gasteiger partial charge in [-0.1, -0.05) is 152 Å². The zero-order valence-electron chi connectivity index (χ0n) is 32.4. The van der Waals surface area contributed by atoms with Crippen LogP contribution < -0.4 is 4.74 Å². The summed E-state index contributed by atoms with van der Waals surface area (Å²) in [4.78, 5) is 14.7. The summed E-state index contributed by atoms with van der Waals surface area (Å²) >= 11 is 0. The highest BCUT2D eigenvalue weighted by molar-refractivity contribution is 5.83. The quantitative estimate of drug-likeness (QED) is 0.120. The molecule has 0 saturated carbocycles. The predicted molar refractivity (Wildman–Crippen MR) is 234 cm³/mol. The van der Waals surface area contributed by atoms with E-state index >= 15 is 0 Å². The lowest BCUT2D eigenvalue weighted by atomic mass is 9.87. The van der Waals surface area contributed by atoms with Crippen LogP contribution in [-0.4, -0.2) is 15.0 Å². The summed E-state index contributed by atoms with van der Waals surface area (Å²) in [7, 11) is 0. The topological polar surface area (TPSA) is 47.9 Å². The molecule has 4 heteroatoms. The SMILES string of the molecule is C=C/C(=C(\C=C/C)C1=CCCC=C1)c1cccc(C2C=CC(Oc3cccc(/C(C)=C/C(=C\C)c4nc(-c5ccccc5)nc(-c5ccccc5)n4)c3)=CC2)c1. The van der Waals surface area contributed by atoms with Crippen LogP contribution in [0.1, 0.15) is 68.5 Å². The molecule has 2 aliphatic rings. The largest absolute Gasteiger partial charge is 0.458 e. The van der Waals surface area contributed by atoms with Crippen molar-refractivity contribution in [3.05, 3.63) is 222 Å². The molecule has 7 rings (SSSR count). The number of hydrogen-bond donors (Lipinski definition) is 0. The lowest BCUT2D eigenvalue weighted by molar-refractivity contribution is 0.437. The third-order valence-corrected chi connectivity index (χ3v) is 9.99. The molecule has 1 unspecified atom stereocenters. The fourth-order valence-corrected chi connectivity index (χ4v) is 7.04. The molecular formula is C52H47N3O. The summed E-state index contributed by atoms with van der Waals surface area (Å²) in [5.41, 5.74) is 11.0. The van der Waals surface area contributed by atoms with Gasteiger partial charge in [-0.3, -0.25) is 0 Å².